The maximum Gasteiger partial charge on any atom is 0.287 e. The van der Waals surface area contributed by atoms with E-state index in [4.69, 9.17) is 10.2 Å². The highest BCUT2D eigenvalue weighted by Crippen LogP contribution is 2.23. The summed E-state index contributed by atoms with van der Waals surface area (Å²) in [6, 6.07) is 11.3. The van der Waals surface area contributed by atoms with E-state index in [0.29, 0.717) is 11.5 Å². The number of Topliss-reactive ketones (excluding diaryl/α,β-unsaturated/α-hetero) is 1. The van der Waals surface area contributed by atoms with Crippen molar-refractivity contribution in [2.75, 3.05) is 0 Å². The molecule has 1 unspecified atom stereocenters. The zero-order valence-corrected chi connectivity index (χ0v) is 14.6. The molecular weight excluding hydrogens is 348 g/mol. The third-order valence-corrected chi connectivity index (χ3v) is 4.09. The fourth-order valence-electron chi connectivity index (χ4n) is 2.78. The number of nitrogens with two attached hydrogens (primary N) is 1. The minimum Gasteiger partial charge on any atom is -0.463 e. The van der Waals surface area contributed by atoms with E-state index < -0.39 is 23.6 Å². The van der Waals surface area contributed by atoms with Crippen LogP contribution in [0.25, 0.3) is 11.5 Å². The zero-order valence-electron chi connectivity index (χ0n) is 14.6. The highest BCUT2D eigenvalue weighted by molar-refractivity contribution is 6.38. The number of amides is 2. The fraction of sp³-hybridized carbons (Fsp3) is 0.158. The average Bonchev–Trinajstić information content (AvgIpc) is 3.30. The zero-order chi connectivity index (χ0) is 19.4. The van der Waals surface area contributed by atoms with Crippen molar-refractivity contribution >= 4 is 17.6 Å². The molecule has 2 aromatic heterocycles. The Hall–Kier alpha value is -3.68. The van der Waals surface area contributed by atoms with Gasteiger partial charge in [0.2, 0.25) is 5.78 Å². The Balaban J connectivity index is 1.87. The molecule has 0 saturated carbocycles. The lowest BCUT2D eigenvalue weighted by Crippen LogP contribution is -2.47. The summed E-state index contributed by atoms with van der Waals surface area (Å²) in [6.45, 7) is 0. The van der Waals surface area contributed by atoms with Crippen LogP contribution in [0.2, 0.25) is 0 Å². The van der Waals surface area contributed by atoms with E-state index >= 15 is 0 Å². The van der Waals surface area contributed by atoms with Gasteiger partial charge in [-0.1, -0.05) is 30.3 Å². The second kappa shape index (κ2) is 7.69. The summed E-state index contributed by atoms with van der Waals surface area (Å²) < 4.78 is 6.85. The van der Waals surface area contributed by atoms with Gasteiger partial charge in [0.1, 0.15) is 11.7 Å². The molecule has 0 fully saturated rings. The van der Waals surface area contributed by atoms with E-state index in [1.165, 1.54) is 17.1 Å². The average molecular weight is 366 g/mol. The monoisotopic (exact) mass is 366 g/mol. The van der Waals surface area contributed by atoms with Crippen molar-refractivity contribution in [3.8, 4) is 11.5 Å². The van der Waals surface area contributed by atoms with Crippen LogP contribution in [0.4, 0.5) is 0 Å². The molecule has 0 aliphatic rings. The van der Waals surface area contributed by atoms with Crippen LogP contribution in [-0.2, 0) is 23.1 Å². The number of nitrogens with zero attached hydrogens (tertiary/aromatic N) is 2. The van der Waals surface area contributed by atoms with Crippen LogP contribution in [0.5, 0.6) is 0 Å². The standard InChI is InChI=1S/C19H18N4O4/c1-23-16(15-8-5-9-27-15)13(11-21-23)19(26)22-14(17(24)18(20)25)10-12-6-3-2-4-7-12/h2-9,11,14H,10H2,1H3,(H2,20,25)(H,22,26). The maximum atomic E-state index is 12.8. The van der Waals surface area contributed by atoms with E-state index in [-0.39, 0.29) is 12.0 Å². The number of ketones is 1. The summed E-state index contributed by atoms with van der Waals surface area (Å²) in [5.41, 5.74) is 6.62. The third-order valence-electron chi connectivity index (χ3n) is 4.09. The van der Waals surface area contributed by atoms with Gasteiger partial charge in [0.05, 0.1) is 18.0 Å². The van der Waals surface area contributed by atoms with Gasteiger partial charge in [-0.25, -0.2) is 0 Å². The minimum absolute atomic E-state index is 0.144. The fourth-order valence-corrected chi connectivity index (χ4v) is 2.78. The SMILES string of the molecule is Cn1ncc(C(=O)NC(Cc2ccccc2)C(=O)C(N)=O)c1-c1ccco1. The summed E-state index contributed by atoms with van der Waals surface area (Å²) >= 11 is 0. The first-order valence-corrected chi connectivity index (χ1v) is 8.21. The van der Waals surface area contributed by atoms with Crippen LogP contribution in [0.1, 0.15) is 15.9 Å². The molecular formula is C19H18N4O4. The molecule has 0 aliphatic heterocycles. The number of nitrogens with one attached hydrogen (secondary N) is 1. The molecule has 0 saturated heterocycles. The number of aryl methyl sites for hydroxylation is 1. The van der Waals surface area contributed by atoms with E-state index in [0.717, 1.165) is 5.56 Å². The van der Waals surface area contributed by atoms with Gasteiger partial charge in [-0.2, -0.15) is 5.10 Å². The van der Waals surface area contributed by atoms with Crippen LogP contribution in [0.3, 0.4) is 0 Å². The van der Waals surface area contributed by atoms with E-state index in [1.54, 1.807) is 43.4 Å². The molecule has 2 heterocycles. The number of benzene rings is 1. The highest BCUT2D eigenvalue weighted by atomic mass is 16.3. The second-order valence-corrected chi connectivity index (χ2v) is 5.95. The summed E-state index contributed by atoms with van der Waals surface area (Å²) in [5, 5.41) is 6.68. The Bertz CT molecular complexity index is 961. The van der Waals surface area contributed by atoms with Crippen molar-refractivity contribution in [3.05, 3.63) is 66.1 Å². The number of aromatic nitrogens is 2. The molecule has 0 bridgehead atoms. The molecule has 8 heteroatoms. The first-order valence-electron chi connectivity index (χ1n) is 8.21. The number of rotatable bonds is 7. The van der Waals surface area contributed by atoms with Gasteiger partial charge in [0.15, 0.2) is 5.76 Å². The molecule has 0 aliphatic carbocycles. The predicted octanol–water partition coefficient (Wildman–Crippen LogP) is 1.08. The largest absolute Gasteiger partial charge is 0.463 e. The normalized spacial score (nSPS) is 11.7. The van der Waals surface area contributed by atoms with Crippen LogP contribution in [0, 0.1) is 0 Å². The number of carbonyl (C=O) groups is 3. The maximum absolute atomic E-state index is 12.8. The van der Waals surface area contributed by atoms with Crippen molar-refractivity contribution in [1.82, 2.24) is 15.1 Å². The van der Waals surface area contributed by atoms with Gasteiger partial charge in [-0.15, -0.1) is 0 Å². The van der Waals surface area contributed by atoms with Crippen LogP contribution >= 0.6 is 0 Å². The Morgan fingerprint density at radius 3 is 2.56 bits per heavy atom. The number of hydrogen-bond donors (Lipinski definition) is 2. The second-order valence-electron chi connectivity index (χ2n) is 5.95. The Labute approximate surface area is 155 Å². The van der Waals surface area contributed by atoms with Gasteiger partial charge in [-0.3, -0.25) is 19.1 Å². The van der Waals surface area contributed by atoms with Crippen molar-refractivity contribution in [3.63, 3.8) is 0 Å². The summed E-state index contributed by atoms with van der Waals surface area (Å²) in [4.78, 5) is 36.4. The van der Waals surface area contributed by atoms with Crippen LogP contribution in [0.15, 0.2) is 59.3 Å². The molecule has 2 amide bonds. The predicted molar refractivity (Wildman–Crippen MR) is 96.5 cm³/mol. The molecule has 3 rings (SSSR count). The first-order chi connectivity index (χ1) is 13.0. The Kier molecular flexibility index (Phi) is 5.16. The molecule has 1 aromatic carbocycles. The van der Waals surface area contributed by atoms with E-state index in [2.05, 4.69) is 10.4 Å². The Morgan fingerprint density at radius 2 is 1.93 bits per heavy atom. The molecule has 0 spiro atoms. The van der Waals surface area contributed by atoms with Crippen molar-refractivity contribution in [1.29, 1.82) is 0 Å². The first kappa shape index (κ1) is 18.1. The number of furan rings is 1. The smallest absolute Gasteiger partial charge is 0.287 e. The van der Waals surface area contributed by atoms with Gasteiger partial charge >= 0.3 is 0 Å². The Morgan fingerprint density at radius 1 is 1.19 bits per heavy atom. The molecule has 3 N–H and O–H groups in total. The topological polar surface area (TPSA) is 120 Å². The molecule has 8 nitrogen and oxygen atoms in total. The number of primary amides is 1. The van der Waals surface area contributed by atoms with Gasteiger partial charge in [-0.05, 0) is 17.7 Å². The summed E-state index contributed by atoms with van der Waals surface area (Å²) in [6.07, 6.45) is 3.01. The lowest BCUT2D eigenvalue weighted by molar-refractivity contribution is -0.137. The summed E-state index contributed by atoms with van der Waals surface area (Å²) in [7, 11) is 1.67. The van der Waals surface area contributed by atoms with Crippen LogP contribution < -0.4 is 11.1 Å². The van der Waals surface area contributed by atoms with Crippen LogP contribution in [-0.4, -0.2) is 33.4 Å². The number of hydrogen-bond acceptors (Lipinski definition) is 5. The minimum atomic E-state index is -1.10. The molecule has 27 heavy (non-hydrogen) atoms. The van der Waals surface area contributed by atoms with Gasteiger partial charge in [0.25, 0.3) is 11.8 Å². The quantitative estimate of drug-likeness (QED) is 0.606. The van der Waals surface area contributed by atoms with Gasteiger partial charge < -0.3 is 15.5 Å². The lowest BCUT2D eigenvalue weighted by Gasteiger charge is -2.16. The third kappa shape index (κ3) is 3.95. The molecule has 3 aromatic rings. The van der Waals surface area contributed by atoms with Crippen molar-refractivity contribution in [2.24, 2.45) is 12.8 Å². The van der Waals surface area contributed by atoms with E-state index in [1.807, 2.05) is 6.07 Å². The van der Waals surface area contributed by atoms with E-state index in [9.17, 15) is 14.4 Å². The molecule has 0 radical (unpaired) electrons. The highest BCUT2D eigenvalue weighted by Gasteiger charge is 2.28. The van der Waals surface area contributed by atoms with Gasteiger partial charge in [0, 0.05) is 13.5 Å². The van der Waals surface area contributed by atoms with Crippen molar-refractivity contribution in [2.45, 2.75) is 12.5 Å². The number of carbonyl (C=O) groups excluding carboxylic acids is 3. The summed E-state index contributed by atoms with van der Waals surface area (Å²) in [5.74, 6) is -2.06. The lowest BCUT2D eigenvalue weighted by atomic mass is 10.0. The van der Waals surface area contributed by atoms with Crippen molar-refractivity contribution < 1.29 is 18.8 Å². The molecule has 1 atom stereocenters. The molecule has 138 valence electrons.